The van der Waals surface area contributed by atoms with E-state index in [1.54, 1.807) is 0 Å². The summed E-state index contributed by atoms with van der Waals surface area (Å²) in [7, 11) is 0. The molecule has 1 N–H and O–H groups in total. The van der Waals surface area contributed by atoms with Crippen LogP contribution in [0.2, 0.25) is 0 Å². The fraction of sp³-hybridized carbons (Fsp3) is 0.300. The average molecular weight is 180 g/mol. The predicted octanol–water partition coefficient (Wildman–Crippen LogP) is 1.11. The highest BCUT2D eigenvalue weighted by Crippen LogP contribution is 2.01. The minimum absolute atomic E-state index is 0.0623. The summed E-state index contributed by atoms with van der Waals surface area (Å²) in [5, 5.41) is 8.43. The van der Waals surface area contributed by atoms with Crippen molar-refractivity contribution in [3.63, 3.8) is 0 Å². The Kier molecular flexibility index (Phi) is 3.99. The summed E-state index contributed by atoms with van der Waals surface area (Å²) >= 11 is 0. The maximum absolute atomic E-state index is 10.8. The molecule has 0 atom stereocenters. The normalized spacial score (nSPS) is 9.62. The number of ether oxygens (including phenoxy) is 1. The van der Waals surface area contributed by atoms with E-state index in [9.17, 15) is 4.79 Å². The van der Waals surface area contributed by atoms with Crippen molar-refractivity contribution in [3.8, 4) is 0 Å². The Morgan fingerprint density at radius 1 is 1.31 bits per heavy atom. The van der Waals surface area contributed by atoms with Crippen molar-refractivity contribution < 1.29 is 14.6 Å². The van der Waals surface area contributed by atoms with Gasteiger partial charge >= 0.3 is 5.97 Å². The molecule has 0 fully saturated rings. The van der Waals surface area contributed by atoms with Crippen molar-refractivity contribution in [1.82, 2.24) is 0 Å². The van der Waals surface area contributed by atoms with Crippen LogP contribution in [-0.2, 0) is 16.1 Å². The maximum atomic E-state index is 10.8. The van der Waals surface area contributed by atoms with E-state index in [-0.39, 0.29) is 25.6 Å². The Morgan fingerprint density at radius 2 is 2.00 bits per heavy atom. The van der Waals surface area contributed by atoms with Gasteiger partial charge in [0, 0.05) is 0 Å². The van der Waals surface area contributed by atoms with E-state index in [1.807, 2.05) is 30.3 Å². The minimum atomic E-state index is -0.369. The molecule has 0 spiro atoms. The van der Waals surface area contributed by atoms with Crippen LogP contribution in [0.15, 0.2) is 30.3 Å². The SMILES string of the molecule is O=C(CCO)OCc1ccccc1. The predicted molar refractivity (Wildman–Crippen MR) is 47.9 cm³/mol. The number of carbonyl (C=O) groups is 1. The van der Waals surface area contributed by atoms with Gasteiger partial charge in [0.25, 0.3) is 0 Å². The van der Waals surface area contributed by atoms with Crippen LogP contribution in [0.4, 0.5) is 0 Å². The lowest BCUT2D eigenvalue weighted by atomic mass is 10.2. The van der Waals surface area contributed by atoms with Gasteiger partial charge in [-0.05, 0) is 5.56 Å². The molecule has 0 aliphatic carbocycles. The number of hydrogen-bond acceptors (Lipinski definition) is 3. The minimum Gasteiger partial charge on any atom is -0.461 e. The number of aliphatic hydroxyl groups excluding tert-OH is 1. The average Bonchev–Trinajstić information content (AvgIpc) is 2.17. The first kappa shape index (κ1) is 9.74. The molecule has 0 unspecified atom stereocenters. The summed E-state index contributed by atoms with van der Waals surface area (Å²) in [5.74, 6) is -0.369. The monoisotopic (exact) mass is 180 g/mol. The molecule has 0 heterocycles. The van der Waals surface area contributed by atoms with Crippen molar-refractivity contribution in [1.29, 1.82) is 0 Å². The van der Waals surface area contributed by atoms with Crippen molar-refractivity contribution in [2.24, 2.45) is 0 Å². The first-order valence-corrected chi connectivity index (χ1v) is 4.13. The Balaban J connectivity index is 2.31. The zero-order valence-electron chi connectivity index (χ0n) is 7.27. The number of hydrogen-bond donors (Lipinski definition) is 1. The lowest BCUT2D eigenvalue weighted by Crippen LogP contribution is -2.06. The van der Waals surface area contributed by atoms with Gasteiger partial charge in [0.15, 0.2) is 0 Å². The van der Waals surface area contributed by atoms with Crippen LogP contribution in [0, 0.1) is 0 Å². The maximum Gasteiger partial charge on any atom is 0.308 e. The van der Waals surface area contributed by atoms with Crippen LogP contribution >= 0.6 is 0 Å². The lowest BCUT2D eigenvalue weighted by molar-refractivity contribution is -0.145. The Hall–Kier alpha value is -1.35. The molecule has 0 radical (unpaired) electrons. The van der Waals surface area contributed by atoms with Crippen LogP contribution in [0.25, 0.3) is 0 Å². The van der Waals surface area contributed by atoms with Crippen molar-refractivity contribution in [2.75, 3.05) is 6.61 Å². The van der Waals surface area contributed by atoms with E-state index in [1.165, 1.54) is 0 Å². The molecular formula is C10H12O3. The van der Waals surface area contributed by atoms with E-state index in [0.717, 1.165) is 5.56 Å². The van der Waals surface area contributed by atoms with Gasteiger partial charge in [0.2, 0.25) is 0 Å². The second-order valence-electron chi connectivity index (χ2n) is 2.62. The zero-order chi connectivity index (χ0) is 9.52. The number of aliphatic hydroxyl groups is 1. The Bertz CT molecular complexity index is 256. The van der Waals surface area contributed by atoms with E-state index in [4.69, 9.17) is 9.84 Å². The quantitative estimate of drug-likeness (QED) is 0.706. The topological polar surface area (TPSA) is 46.5 Å². The largest absolute Gasteiger partial charge is 0.461 e. The van der Waals surface area contributed by atoms with E-state index in [0.29, 0.717) is 0 Å². The standard InChI is InChI=1S/C10H12O3/c11-7-6-10(12)13-8-9-4-2-1-3-5-9/h1-5,11H,6-8H2. The summed E-state index contributed by atoms with van der Waals surface area (Å²) < 4.78 is 4.87. The highest BCUT2D eigenvalue weighted by atomic mass is 16.5. The number of carbonyl (C=O) groups excluding carboxylic acids is 1. The number of rotatable bonds is 4. The summed E-state index contributed by atoms with van der Waals surface area (Å²) in [4.78, 5) is 10.8. The van der Waals surface area contributed by atoms with Crippen molar-refractivity contribution in [3.05, 3.63) is 35.9 Å². The molecule has 0 saturated carbocycles. The van der Waals surface area contributed by atoms with Gasteiger partial charge in [-0.2, -0.15) is 0 Å². The van der Waals surface area contributed by atoms with Gasteiger partial charge in [-0.3, -0.25) is 4.79 Å². The van der Waals surface area contributed by atoms with Crippen LogP contribution in [0.1, 0.15) is 12.0 Å². The van der Waals surface area contributed by atoms with Gasteiger partial charge in [-0.1, -0.05) is 30.3 Å². The lowest BCUT2D eigenvalue weighted by Gasteiger charge is -2.02. The molecule has 1 rings (SSSR count). The van der Waals surface area contributed by atoms with Crippen LogP contribution in [0.3, 0.4) is 0 Å². The van der Waals surface area contributed by atoms with Gasteiger partial charge < -0.3 is 9.84 Å². The van der Waals surface area contributed by atoms with Crippen LogP contribution < -0.4 is 0 Å². The van der Waals surface area contributed by atoms with Gasteiger partial charge in [0.1, 0.15) is 6.61 Å². The Morgan fingerprint density at radius 3 is 2.62 bits per heavy atom. The summed E-state index contributed by atoms with van der Waals surface area (Å²) in [6, 6.07) is 9.43. The first-order valence-electron chi connectivity index (χ1n) is 4.13. The second kappa shape index (κ2) is 5.32. The molecule has 0 amide bonds. The third-order valence-electron chi connectivity index (χ3n) is 1.56. The molecule has 0 bridgehead atoms. The highest BCUT2D eigenvalue weighted by molar-refractivity contribution is 5.69. The fourth-order valence-electron chi connectivity index (χ4n) is 0.902. The molecule has 0 aliphatic heterocycles. The zero-order valence-corrected chi connectivity index (χ0v) is 7.27. The molecule has 70 valence electrons. The highest BCUT2D eigenvalue weighted by Gasteiger charge is 2.00. The third-order valence-corrected chi connectivity index (χ3v) is 1.56. The van der Waals surface area contributed by atoms with E-state index in [2.05, 4.69) is 0 Å². The van der Waals surface area contributed by atoms with Crippen molar-refractivity contribution >= 4 is 5.97 Å². The van der Waals surface area contributed by atoms with E-state index < -0.39 is 0 Å². The molecule has 0 aromatic heterocycles. The smallest absolute Gasteiger partial charge is 0.308 e. The number of benzene rings is 1. The van der Waals surface area contributed by atoms with Gasteiger partial charge in [-0.25, -0.2) is 0 Å². The number of esters is 1. The fourth-order valence-corrected chi connectivity index (χ4v) is 0.902. The van der Waals surface area contributed by atoms with Crippen LogP contribution in [-0.4, -0.2) is 17.7 Å². The van der Waals surface area contributed by atoms with Crippen molar-refractivity contribution in [2.45, 2.75) is 13.0 Å². The van der Waals surface area contributed by atoms with Crippen LogP contribution in [0.5, 0.6) is 0 Å². The first-order chi connectivity index (χ1) is 6.33. The van der Waals surface area contributed by atoms with E-state index >= 15 is 0 Å². The molecule has 0 saturated heterocycles. The molecule has 3 nitrogen and oxygen atoms in total. The molecule has 1 aromatic carbocycles. The summed E-state index contributed by atoms with van der Waals surface area (Å²) in [6.45, 7) is 0.118. The second-order valence-corrected chi connectivity index (χ2v) is 2.62. The molecule has 0 aliphatic rings. The third kappa shape index (κ3) is 3.71. The Labute approximate surface area is 77.0 Å². The summed E-state index contributed by atoms with van der Waals surface area (Å²) in [5.41, 5.74) is 0.953. The summed E-state index contributed by atoms with van der Waals surface area (Å²) in [6.07, 6.45) is 0.0623. The molecular weight excluding hydrogens is 168 g/mol. The molecule has 3 heteroatoms. The van der Waals surface area contributed by atoms with Gasteiger partial charge in [-0.15, -0.1) is 0 Å². The molecule has 1 aromatic rings. The molecule has 13 heavy (non-hydrogen) atoms. The van der Waals surface area contributed by atoms with Gasteiger partial charge in [0.05, 0.1) is 13.0 Å².